The summed E-state index contributed by atoms with van der Waals surface area (Å²) < 4.78 is 0. The van der Waals surface area contributed by atoms with E-state index < -0.39 is 5.92 Å². The lowest BCUT2D eigenvalue weighted by Crippen LogP contribution is -2.35. The summed E-state index contributed by atoms with van der Waals surface area (Å²) in [6, 6.07) is 0. The Morgan fingerprint density at radius 3 is 2.92 bits per heavy atom. The Morgan fingerprint density at radius 1 is 1.75 bits per heavy atom. The Balaban J connectivity index is 2.73. The molecule has 1 rings (SSSR count). The van der Waals surface area contributed by atoms with Crippen LogP contribution in [0.15, 0.2) is 12.3 Å². The molecular weight excluding hydrogens is 174 g/mol. The quantitative estimate of drug-likeness (QED) is 0.637. The summed E-state index contributed by atoms with van der Waals surface area (Å²) in [6.07, 6.45) is 3.35. The van der Waals surface area contributed by atoms with Crippen molar-refractivity contribution >= 4 is 28.8 Å². The molecule has 0 saturated carbocycles. The molecule has 3 nitrogen and oxygen atoms in total. The molecule has 4 heteroatoms. The first kappa shape index (κ1) is 9.06. The van der Waals surface area contributed by atoms with Crippen molar-refractivity contribution in [1.82, 2.24) is 5.32 Å². The van der Waals surface area contributed by atoms with E-state index in [4.69, 9.17) is 12.2 Å². The van der Waals surface area contributed by atoms with Crippen LogP contribution in [-0.4, -0.2) is 16.6 Å². The van der Waals surface area contributed by atoms with Crippen LogP contribution in [0, 0.1) is 5.92 Å². The number of carbonyl (C=O) groups excluding carboxylic acids is 2. The number of nitrogens with one attached hydrogen (secondary N) is 1. The van der Waals surface area contributed by atoms with Gasteiger partial charge < -0.3 is 5.32 Å². The largest absolute Gasteiger partial charge is 0.332 e. The number of ketones is 1. The molecule has 0 aliphatic carbocycles. The first-order valence-corrected chi connectivity index (χ1v) is 4.02. The molecule has 1 aliphatic rings. The third-order valence-corrected chi connectivity index (χ3v) is 2.05. The number of hydrogen-bond acceptors (Lipinski definition) is 3. The summed E-state index contributed by atoms with van der Waals surface area (Å²) in [5.74, 6) is -0.645. The Labute approximate surface area is 75.8 Å². The van der Waals surface area contributed by atoms with Crippen LogP contribution in [0.1, 0.15) is 13.3 Å². The highest BCUT2D eigenvalue weighted by atomic mass is 32.1. The normalized spacial score (nSPS) is 22.2. The molecule has 1 unspecified atom stereocenters. The average molecular weight is 183 g/mol. The van der Waals surface area contributed by atoms with Crippen molar-refractivity contribution < 1.29 is 9.59 Å². The first-order valence-electron chi connectivity index (χ1n) is 3.61. The van der Waals surface area contributed by atoms with Crippen molar-refractivity contribution in [1.29, 1.82) is 0 Å². The van der Waals surface area contributed by atoms with Crippen molar-refractivity contribution in [2.24, 2.45) is 5.92 Å². The Hall–Kier alpha value is -1.03. The zero-order chi connectivity index (χ0) is 9.14. The van der Waals surface area contributed by atoms with E-state index in [0.717, 1.165) is 0 Å². The molecular formula is C8H9NO2S. The second-order valence-electron chi connectivity index (χ2n) is 2.70. The van der Waals surface area contributed by atoms with Gasteiger partial charge in [0.15, 0.2) is 0 Å². The Morgan fingerprint density at radius 2 is 2.42 bits per heavy atom. The summed E-state index contributed by atoms with van der Waals surface area (Å²) in [5, 5.41) is 2.51. The number of thiocarbonyl (C=S) groups is 1. The van der Waals surface area contributed by atoms with Gasteiger partial charge in [-0.1, -0.05) is 12.2 Å². The van der Waals surface area contributed by atoms with Crippen molar-refractivity contribution in [2.45, 2.75) is 13.3 Å². The zero-order valence-corrected chi connectivity index (χ0v) is 7.48. The van der Waals surface area contributed by atoms with Crippen LogP contribution in [0.25, 0.3) is 0 Å². The first-order chi connectivity index (χ1) is 5.61. The van der Waals surface area contributed by atoms with E-state index in [1.165, 1.54) is 13.1 Å². The predicted molar refractivity (Wildman–Crippen MR) is 48.7 cm³/mol. The Bertz CT molecular complexity index is 270. The molecule has 0 spiro atoms. The summed E-state index contributed by atoms with van der Waals surface area (Å²) in [4.78, 5) is 22.4. The third-order valence-electron chi connectivity index (χ3n) is 1.62. The summed E-state index contributed by atoms with van der Waals surface area (Å²) in [7, 11) is 0. The molecule has 0 aromatic carbocycles. The van der Waals surface area contributed by atoms with Gasteiger partial charge in [-0.25, -0.2) is 0 Å². The van der Waals surface area contributed by atoms with Gasteiger partial charge >= 0.3 is 0 Å². The van der Waals surface area contributed by atoms with Crippen molar-refractivity contribution in [2.75, 3.05) is 0 Å². The highest BCUT2D eigenvalue weighted by Crippen LogP contribution is 2.11. The fourth-order valence-electron chi connectivity index (χ4n) is 1.03. The number of allylic oxidation sites excluding steroid dienone is 1. The van der Waals surface area contributed by atoms with Gasteiger partial charge in [0.1, 0.15) is 5.78 Å². The SMILES string of the molecule is CC(=O)CC1C(=O)NC=CC1=S. The number of rotatable bonds is 2. The third kappa shape index (κ3) is 1.98. The lowest BCUT2D eigenvalue weighted by Gasteiger charge is -2.16. The number of hydrogen-bond donors (Lipinski definition) is 1. The van der Waals surface area contributed by atoms with Crippen LogP contribution in [0.4, 0.5) is 0 Å². The van der Waals surface area contributed by atoms with E-state index in [1.807, 2.05) is 0 Å². The van der Waals surface area contributed by atoms with Gasteiger partial charge in [-0.15, -0.1) is 0 Å². The van der Waals surface area contributed by atoms with Crippen molar-refractivity contribution in [3.05, 3.63) is 12.3 Å². The smallest absolute Gasteiger partial charge is 0.232 e. The van der Waals surface area contributed by atoms with Crippen molar-refractivity contribution in [3.8, 4) is 0 Å². The van der Waals surface area contributed by atoms with Gasteiger partial charge in [0, 0.05) is 17.5 Å². The fourth-order valence-corrected chi connectivity index (χ4v) is 1.29. The maximum atomic E-state index is 11.1. The predicted octanol–water partition coefficient (Wildman–Crippen LogP) is 0.595. The maximum absolute atomic E-state index is 11.1. The standard InChI is InChI=1S/C8H9NO2S/c1-5(10)4-6-7(12)2-3-9-8(6)11/h2-3,6H,4H2,1H3,(H,9,11). The van der Waals surface area contributed by atoms with Crippen LogP contribution < -0.4 is 5.32 Å². The monoisotopic (exact) mass is 183 g/mol. The van der Waals surface area contributed by atoms with Crippen LogP contribution >= 0.6 is 12.2 Å². The van der Waals surface area contributed by atoms with E-state index >= 15 is 0 Å². The van der Waals surface area contributed by atoms with Gasteiger partial charge in [0.25, 0.3) is 0 Å². The molecule has 64 valence electrons. The number of carbonyl (C=O) groups is 2. The molecule has 1 atom stereocenters. The van der Waals surface area contributed by atoms with E-state index in [9.17, 15) is 9.59 Å². The van der Waals surface area contributed by atoms with Crippen LogP contribution in [0.2, 0.25) is 0 Å². The highest BCUT2D eigenvalue weighted by molar-refractivity contribution is 7.80. The zero-order valence-electron chi connectivity index (χ0n) is 6.66. The van der Waals surface area contributed by atoms with E-state index in [-0.39, 0.29) is 18.1 Å². The molecule has 0 aromatic heterocycles. The minimum Gasteiger partial charge on any atom is -0.332 e. The summed E-state index contributed by atoms with van der Waals surface area (Å²) >= 11 is 4.92. The molecule has 1 N–H and O–H groups in total. The van der Waals surface area contributed by atoms with E-state index in [2.05, 4.69) is 5.32 Å². The summed E-state index contributed by atoms with van der Waals surface area (Å²) in [5.41, 5.74) is 0. The lowest BCUT2D eigenvalue weighted by molar-refractivity contribution is -0.126. The number of amides is 1. The summed E-state index contributed by atoms with van der Waals surface area (Å²) in [6.45, 7) is 1.45. The van der Waals surface area contributed by atoms with Crippen molar-refractivity contribution in [3.63, 3.8) is 0 Å². The van der Waals surface area contributed by atoms with Crippen LogP contribution in [-0.2, 0) is 9.59 Å². The van der Waals surface area contributed by atoms with Gasteiger partial charge in [0.05, 0.1) is 5.92 Å². The highest BCUT2D eigenvalue weighted by Gasteiger charge is 2.24. The van der Waals surface area contributed by atoms with Gasteiger partial charge in [-0.2, -0.15) is 0 Å². The molecule has 1 aliphatic heterocycles. The minimum atomic E-state index is -0.442. The fraction of sp³-hybridized carbons (Fsp3) is 0.375. The molecule has 0 fully saturated rings. The van der Waals surface area contributed by atoms with Gasteiger partial charge in [0.2, 0.25) is 5.91 Å². The lowest BCUT2D eigenvalue weighted by atomic mass is 9.96. The second-order valence-corrected chi connectivity index (χ2v) is 3.17. The topological polar surface area (TPSA) is 46.2 Å². The van der Waals surface area contributed by atoms with Gasteiger partial charge in [-0.05, 0) is 13.0 Å². The van der Waals surface area contributed by atoms with Crippen LogP contribution in [0.3, 0.4) is 0 Å². The molecule has 0 bridgehead atoms. The molecule has 1 heterocycles. The van der Waals surface area contributed by atoms with E-state index in [1.54, 1.807) is 6.08 Å². The molecule has 0 aromatic rings. The molecule has 12 heavy (non-hydrogen) atoms. The van der Waals surface area contributed by atoms with Crippen LogP contribution in [0.5, 0.6) is 0 Å². The Kier molecular flexibility index (Phi) is 2.70. The molecule has 0 saturated heterocycles. The molecule has 1 amide bonds. The average Bonchev–Trinajstić information content (AvgIpc) is 1.97. The number of Topliss-reactive ketones (excluding diaryl/α,β-unsaturated/α-hetero) is 1. The minimum absolute atomic E-state index is 0.0206. The van der Waals surface area contributed by atoms with Gasteiger partial charge in [-0.3, -0.25) is 9.59 Å². The molecule has 0 radical (unpaired) electrons. The van der Waals surface area contributed by atoms with E-state index in [0.29, 0.717) is 4.86 Å². The second kappa shape index (κ2) is 3.58. The maximum Gasteiger partial charge on any atom is 0.232 e.